The molecule has 0 aromatic heterocycles. The van der Waals surface area contributed by atoms with Crippen molar-refractivity contribution in [2.45, 2.75) is 44.8 Å². The molecule has 8 nitrogen and oxygen atoms in total. The van der Waals surface area contributed by atoms with Crippen molar-refractivity contribution in [2.75, 3.05) is 7.11 Å². The third-order valence-corrected chi connectivity index (χ3v) is 5.06. The van der Waals surface area contributed by atoms with Gasteiger partial charge in [0.1, 0.15) is 17.8 Å². The smallest absolute Gasteiger partial charge is 0.328 e. The second kappa shape index (κ2) is 11.9. The predicted octanol–water partition coefficient (Wildman–Crippen LogP) is 1.30. The monoisotopic (exact) mass is 441 g/mol. The van der Waals surface area contributed by atoms with Gasteiger partial charge in [0.25, 0.3) is 0 Å². The lowest BCUT2D eigenvalue weighted by Gasteiger charge is -2.26. The van der Waals surface area contributed by atoms with Gasteiger partial charge in [-0.1, -0.05) is 56.3 Å². The number of methoxy groups -OCH3 is 1. The Kier molecular flexibility index (Phi) is 9.22. The Hall–Kier alpha value is -3.39. The Morgan fingerprint density at radius 1 is 0.906 bits per heavy atom. The zero-order chi connectivity index (χ0) is 23.7. The van der Waals surface area contributed by atoms with Crippen LogP contribution in [0.3, 0.4) is 0 Å². The molecule has 0 unspecified atom stereocenters. The van der Waals surface area contributed by atoms with Gasteiger partial charge in [0.15, 0.2) is 0 Å². The topological polar surface area (TPSA) is 131 Å². The highest BCUT2D eigenvalue weighted by atomic mass is 16.5. The molecule has 0 saturated carbocycles. The van der Waals surface area contributed by atoms with Gasteiger partial charge >= 0.3 is 5.97 Å². The SMILES string of the molecule is COC(=O)[C@H](Cc1ccccc1)NC(=O)[C@@H](NC(=O)[C@@H](N)Cc1ccc(O)cc1)C(C)C. The molecule has 0 spiro atoms. The van der Waals surface area contributed by atoms with Gasteiger partial charge in [-0.05, 0) is 35.6 Å². The first-order chi connectivity index (χ1) is 15.2. The number of carbonyl (C=O) groups is 3. The zero-order valence-electron chi connectivity index (χ0n) is 18.6. The molecule has 0 aliphatic heterocycles. The van der Waals surface area contributed by atoms with Gasteiger partial charge in [-0.2, -0.15) is 0 Å². The summed E-state index contributed by atoms with van der Waals surface area (Å²) in [6.07, 6.45) is 0.510. The lowest BCUT2D eigenvalue weighted by atomic mass is 10.00. The number of esters is 1. The van der Waals surface area contributed by atoms with E-state index in [9.17, 15) is 19.5 Å². The van der Waals surface area contributed by atoms with Crippen LogP contribution < -0.4 is 16.4 Å². The Morgan fingerprint density at radius 3 is 2.06 bits per heavy atom. The fraction of sp³-hybridized carbons (Fsp3) is 0.375. The Bertz CT molecular complexity index is 900. The average Bonchev–Trinajstić information content (AvgIpc) is 2.78. The van der Waals surface area contributed by atoms with Crippen LogP contribution in [0.5, 0.6) is 5.75 Å². The molecule has 0 bridgehead atoms. The lowest BCUT2D eigenvalue weighted by molar-refractivity contribution is -0.145. The maximum Gasteiger partial charge on any atom is 0.328 e. The largest absolute Gasteiger partial charge is 0.508 e. The number of rotatable bonds is 10. The van der Waals surface area contributed by atoms with Crippen LogP contribution in [-0.4, -0.2) is 48.1 Å². The highest BCUT2D eigenvalue weighted by molar-refractivity contribution is 5.92. The molecular formula is C24H31N3O5. The van der Waals surface area contributed by atoms with Gasteiger partial charge in [-0.15, -0.1) is 0 Å². The van der Waals surface area contributed by atoms with Gasteiger partial charge in [-0.3, -0.25) is 9.59 Å². The normalized spacial score (nSPS) is 13.7. The summed E-state index contributed by atoms with van der Waals surface area (Å²) in [7, 11) is 1.26. The molecule has 0 aliphatic carbocycles. The van der Waals surface area contributed by atoms with Crippen LogP contribution in [0, 0.1) is 5.92 Å². The Morgan fingerprint density at radius 2 is 1.50 bits per heavy atom. The minimum absolute atomic E-state index is 0.124. The molecule has 2 amide bonds. The molecule has 5 N–H and O–H groups in total. The summed E-state index contributed by atoms with van der Waals surface area (Å²) in [5.74, 6) is -1.66. The summed E-state index contributed by atoms with van der Waals surface area (Å²) in [6, 6.07) is 13.0. The second-order valence-corrected chi connectivity index (χ2v) is 7.98. The van der Waals surface area contributed by atoms with Crippen molar-refractivity contribution in [1.29, 1.82) is 0 Å². The molecule has 2 aromatic carbocycles. The summed E-state index contributed by atoms with van der Waals surface area (Å²) >= 11 is 0. The molecule has 0 fully saturated rings. The molecule has 2 rings (SSSR count). The predicted molar refractivity (Wildman–Crippen MR) is 121 cm³/mol. The van der Waals surface area contributed by atoms with Gasteiger partial charge in [-0.25, -0.2) is 4.79 Å². The van der Waals surface area contributed by atoms with Gasteiger partial charge in [0.05, 0.1) is 13.2 Å². The van der Waals surface area contributed by atoms with E-state index in [1.807, 2.05) is 30.3 Å². The number of carbonyl (C=O) groups excluding carboxylic acids is 3. The van der Waals surface area contributed by atoms with Crippen molar-refractivity contribution in [3.63, 3.8) is 0 Å². The van der Waals surface area contributed by atoms with Crippen LogP contribution in [0.4, 0.5) is 0 Å². The van der Waals surface area contributed by atoms with Crippen molar-refractivity contribution in [3.05, 3.63) is 65.7 Å². The molecule has 32 heavy (non-hydrogen) atoms. The van der Waals surface area contributed by atoms with Crippen LogP contribution in [0.2, 0.25) is 0 Å². The van der Waals surface area contributed by atoms with E-state index in [1.54, 1.807) is 26.0 Å². The first kappa shape index (κ1) is 24.9. The van der Waals surface area contributed by atoms with E-state index in [0.29, 0.717) is 0 Å². The van der Waals surface area contributed by atoms with Crippen molar-refractivity contribution >= 4 is 17.8 Å². The summed E-state index contributed by atoms with van der Waals surface area (Å²) in [6.45, 7) is 3.58. The average molecular weight is 442 g/mol. The van der Waals surface area contributed by atoms with Crippen LogP contribution >= 0.6 is 0 Å². The van der Waals surface area contributed by atoms with E-state index < -0.39 is 35.9 Å². The molecule has 8 heteroatoms. The number of benzene rings is 2. The molecular weight excluding hydrogens is 410 g/mol. The number of phenols is 1. The minimum Gasteiger partial charge on any atom is -0.508 e. The van der Waals surface area contributed by atoms with Crippen LogP contribution in [0.25, 0.3) is 0 Å². The molecule has 172 valence electrons. The third-order valence-electron chi connectivity index (χ3n) is 5.06. The molecule has 0 saturated heterocycles. The van der Waals surface area contributed by atoms with Crippen molar-refractivity contribution in [3.8, 4) is 5.75 Å². The van der Waals surface area contributed by atoms with Crippen LogP contribution in [0.1, 0.15) is 25.0 Å². The number of ether oxygens (including phenoxy) is 1. The van der Waals surface area contributed by atoms with Gasteiger partial charge < -0.3 is 26.2 Å². The molecule has 0 radical (unpaired) electrons. The van der Waals surface area contributed by atoms with E-state index in [-0.39, 0.29) is 24.5 Å². The van der Waals surface area contributed by atoms with E-state index in [0.717, 1.165) is 11.1 Å². The summed E-state index contributed by atoms with van der Waals surface area (Å²) in [5.41, 5.74) is 7.68. The third kappa shape index (κ3) is 7.39. The van der Waals surface area contributed by atoms with E-state index in [1.165, 1.54) is 19.2 Å². The van der Waals surface area contributed by atoms with Gasteiger partial charge in [0.2, 0.25) is 11.8 Å². The number of nitrogens with two attached hydrogens (primary N) is 1. The first-order valence-electron chi connectivity index (χ1n) is 10.5. The quantitative estimate of drug-likeness (QED) is 0.411. The summed E-state index contributed by atoms with van der Waals surface area (Å²) < 4.78 is 4.84. The van der Waals surface area contributed by atoms with Crippen LogP contribution in [-0.2, 0) is 32.0 Å². The van der Waals surface area contributed by atoms with E-state index in [2.05, 4.69) is 10.6 Å². The molecule has 2 aromatic rings. The fourth-order valence-electron chi connectivity index (χ4n) is 3.22. The number of aromatic hydroxyl groups is 1. The highest BCUT2D eigenvalue weighted by Crippen LogP contribution is 2.12. The molecule has 0 aliphatic rings. The van der Waals surface area contributed by atoms with E-state index >= 15 is 0 Å². The van der Waals surface area contributed by atoms with Crippen molar-refractivity contribution < 1.29 is 24.2 Å². The minimum atomic E-state index is -0.890. The first-order valence-corrected chi connectivity index (χ1v) is 10.5. The van der Waals surface area contributed by atoms with Crippen molar-refractivity contribution in [2.24, 2.45) is 11.7 Å². The number of phenolic OH excluding ortho intramolecular Hbond substituents is 1. The summed E-state index contributed by atoms with van der Waals surface area (Å²) in [5, 5.41) is 14.8. The zero-order valence-corrected chi connectivity index (χ0v) is 18.6. The summed E-state index contributed by atoms with van der Waals surface area (Å²) in [4.78, 5) is 37.8. The molecule has 0 heterocycles. The number of hydrogen-bond acceptors (Lipinski definition) is 6. The maximum atomic E-state index is 13.0. The maximum absolute atomic E-state index is 13.0. The number of amides is 2. The van der Waals surface area contributed by atoms with Gasteiger partial charge in [0, 0.05) is 6.42 Å². The lowest BCUT2D eigenvalue weighted by Crippen LogP contribution is -2.57. The number of hydrogen-bond donors (Lipinski definition) is 4. The van der Waals surface area contributed by atoms with E-state index in [4.69, 9.17) is 10.5 Å². The van der Waals surface area contributed by atoms with Crippen LogP contribution in [0.15, 0.2) is 54.6 Å². The fourth-order valence-corrected chi connectivity index (χ4v) is 3.22. The Labute approximate surface area is 188 Å². The second-order valence-electron chi connectivity index (χ2n) is 7.98. The molecule has 3 atom stereocenters. The highest BCUT2D eigenvalue weighted by Gasteiger charge is 2.30. The number of nitrogens with one attached hydrogen (secondary N) is 2. The van der Waals surface area contributed by atoms with Crippen molar-refractivity contribution in [1.82, 2.24) is 10.6 Å². The standard InChI is InChI=1S/C24H31N3O5/c1-15(2)21(27-22(29)19(25)13-17-9-11-18(28)12-10-17)23(30)26-20(24(31)32-3)14-16-7-5-4-6-8-16/h4-12,15,19-21,28H,13-14,25H2,1-3H3,(H,26,30)(H,27,29)/t19-,20-,21-/m0/s1. The Balaban J connectivity index is 2.05.